The number of benzene rings is 2. The number of hydrogen-bond donors (Lipinski definition) is 3. The van der Waals surface area contributed by atoms with E-state index in [1.165, 1.54) is 22.1 Å². The van der Waals surface area contributed by atoms with E-state index < -0.39 is 70.0 Å². The molecule has 0 bridgehead atoms. The molecule has 21 heteroatoms. The quantitative estimate of drug-likeness (QED) is 0.0456. The molecule has 0 saturated carbocycles. The highest BCUT2D eigenvalue weighted by molar-refractivity contribution is 7.80. The Kier molecular flexibility index (Phi) is 17.6. The lowest BCUT2D eigenvalue weighted by Gasteiger charge is -2.35. The summed E-state index contributed by atoms with van der Waals surface area (Å²) in [4.78, 5) is 54.4. The molecule has 3 atom stereocenters. The second-order valence-corrected chi connectivity index (χ2v) is 20.0. The van der Waals surface area contributed by atoms with Crippen molar-refractivity contribution in [1.29, 1.82) is 5.26 Å². The van der Waals surface area contributed by atoms with Crippen molar-refractivity contribution in [1.82, 2.24) is 25.5 Å². The van der Waals surface area contributed by atoms with Gasteiger partial charge in [-0.15, -0.1) is 11.3 Å². The second-order valence-electron chi connectivity index (χ2n) is 18.8. The van der Waals surface area contributed by atoms with Crippen LogP contribution in [-0.2, 0) is 36.6 Å². The number of aliphatic hydroxyl groups is 1. The van der Waals surface area contributed by atoms with Gasteiger partial charge in [0.05, 0.1) is 63.5 Å². The van der Waals surface area contributed by atoms with E-state index in [9.17, 15) is 32.7 Å². The first-order chi connectivity index (χ1) is 33.1. The number of anilines is 2. The smallest absolute Gasteiger partial charge is 0.420 e. The Morgan fingerprint density at radius 3 is 2.34 bits per heavy atom. The number of aliphatic hydroxyl groups excluding tert-OH is 1. The molecule has 2 fully saturated rings. The molecule has 0 spiro atoms. The van der Waals surface area contributed by atoms with Crippen molar-refractivity contribution in [3.63, 3.8) is 0 Å². The molecule has 0 aliphatic carbocycles. The molecule has 4 heterocycles. The van der Waals surface area contributed by atoms with Gasteiger partial charge in [0.15, 0.2) is 10.9 Å². The van der Waals surface area contributed by atoms with Crippen molar-refractivity contribution < 1.29 is 51.3 Å². The summed E-state index contributed by atoms with van der Waals surface area (Å²) in [6.07, 6.45) is -2.50. The van der Waals surface area contributed by atoms with Crippen LogP contribution in [-0.4, -0.2) is 113 Å². The number of nitrogens with one attached hydrogen (secondary N) is 2. The number of pyridine rings is 1. The van der Waals surface area contributed by atoms with E-state index in [1.807, 2.05) is 65.8 Å². The first-order valence-electron chi connectivity index (χ1n) is 22.8. The molecule has 0 unspecified atom stereocenters. The Bertz CT molecular complexity index is 2530. The van der Waals surface area contributed by atoms with Crippen LogP contribution < -0.4 is 25.2 Å². The van der Waals surface area contributed by atoms with E-state index in [0.717, 1.165) is 33.8 Å². The van der Waals surface area contributed by atoms with Crippen molar-refractivity contribution in [3.05, 3.63) is 88.4 Å². The van der Waals surface area contributed by atoms with Crippen LogP contribution in [0, 0.1) is 29.5 Å². The zero-order chi connectivity index (χ0) is 51.0. The third-order valence-corrected chi connectivity index (χ3v) is 13.2. The maximum atomic E-state index is 15.3. The van der Waals surface area contributed by atoms with Crippen LogP contribution in [0.2, 0.25) is 0 Å². The molecule has 2 aliphatic heterocycles. The van der Waals surface area contributed by atoms with E-state index in [-0.39, 0.29) is 50.1 Å². The van der Waals surface area contributed by atoms with Crippen LogP contribution >= 0.6 is 23.6 Å². The third-order valence-electron chi connectivity index (χ3n) is 11.8. The number of nitrogens with zero attached hydrogens (tertiary/aromatic N) is 6. The summed E-state index contributed by atoms with van der Waals surface area (Å²) in [7, 11) is 0. The summed E-state index contributed by atoms with van der Waals surface area (Å²) < 4.78 is 73.5. The Morgan fingerprint density at radius 1 is 1.00 bits per heavy atom. The summed E-state index contributed by atoms with van der Waals surface area (Å²) in [5.41, 5.74) is 0.884. The zero-order valence-corrected chi connectivity index (χ0v) is 41.5. The van der Waals surface area contributed by atoms with Crippen LogP contribution in [0.3, 0.4) is 0 Å². The maximum Gasteiger partial charge on any atom is 0.420 e. The van der Waals surface area contributed by atoms with E-state index >= 15 is 4.39 Å². The number of hydrogen-bond acceptors (Lipinski definition) is 12. The van der Waals surface area contributed by atoms with Gasteiger partial charge in [0.25, 0.3) is 0 Å². The van der Waals surface area contributed by atoms with Gasteiger partial charge in [0.1, 0.15) is 24.3 Å². The molecule has 3 N–H and O–H groups in total. The number of aryl methyl sites for hydroxylation is 1. The monoisotopic (exact) mass is 1010 g/mol. The molecule has 2 aromatic carbocycles. The fourth-order valence-corrected chi connectivity index (χ4v) is 9.61. The van der Waals surface area contributed by atoms with Gasteiger partial charge < -0.3 is 44.7 Å². The predicted molar refractivity (Wildman–Crippen MR) is 259 cm³/mol. The molecule has 70 heavy (non-hydrogen) atoms. The number of likely N-dealkylation sites (tertiary alicyclic amines) is 1. The van der Waals surface area contributed by atoms with Crippen LogP contribution in [0.5, 0.6) is 5.88 Å². The normalized spacial score (nSPS) is 17.4. The number of thiazole rings is 1. The number of unbranched alkanes of at least 4 members (excludes halogenated alkanes) is 1. The van der Waals surface area contributed by atoms with Gasteiger partial charge in [-0.05, 0) is 87.0 Å². The van der Waals surface area contributed by atoms with Crippen molar-refractivity contribution in [3.8, 4) is 22.4 Å². The van der Waals surface area contributed by atoms with Crippen LogP contribution in [0.15, 0.2) is 60.2 Å². The lowest BCUT2D eigenvalue weighted by Crippen LogP contribution is -2.58. The van der Waals surface area contributed by atoms with Gasteiger partial charge >= 0.3 is 6.18 Å². The van der Waals surface area contributed by atoms with E-state index in [1.54, 1.807) is 33.9 Å². The summed E-state index contributed by atoms with van der Waals surface area (Å²) in [6.45, 7) is 12.4. The molecule has 0 radical (unpaired) electrons. The molecule has 376 valence electrons. The molecule has 4 aromatic rings. The van der Waals surface area contributed by atoms with Gasteiger partial charge in [-0.25, -0.2) is 14.4 Å². The SMILES string of the molecule is Cc1ncsc1-c1ccc(CNC(=O)[C@@H]2C[C@@H](O)CN2C(=O)[C@@H](NC(=O)COCCCOCCCCOc2ccc(N3C(=S)N(c4ccc(C#N)c(C(F)(F)F)c4F)CC3(C)C)cn2)C(C)(C)C)cc1. The van der Waals surface area contributed by atoms with Crippen molar-refractivity contribution in [2.75, 3.05) is 55.9 Å². The number of alkyl halides is 3. The van der Waals surface area contributed by atoms with Gasteiger partial charge in [0, 0.05) is 51.9 Å². The summed E-state index contributed by atoms with van der Waals surface area (Å²) in [5, 5.41) is 25.5. The van der Waals surface area contributed by atoms with Crippen LogP contribution in [0.25, 0.3) is 10.4 Å². The van der Waals surface area contributed by atoms with Gasteiger partial charge in [-0.1, -0.05) is 45.0 Å². The third kappa shape index (κ3) is 13.1. The number of β-amino-alcohol motifs (C(OH)–C–C–N with tert-alkyl or cyclic N) is 1. The maximum absolute atomic E-state index is 15.3. The van der Waals surface area contributed by atoms with E-state index in [0.29, 0.717) is 50.7 Å². The van der Waals surface area contributed by atoms with Gasteiger partial charge in [-0.2, -0.15) is 18.4 Å². The number of amides is 3. The number of nitriles is 1. The number of carbonyl (C=O) groups excluding carboxylic acids is 3. The molecule has 15 nitrogen and oxygen atoms in total. The van der Waals surface area contributed by atoms with Crippen molar-refractivity contribution >= 4 is 57.8 Å². The van der Waals surface area contributed by atoms with E-state index in [4.69, 9.17) is 31.7 Å². The molecule has 3 amide bonds. The number of carbonyl (C=O) groups is 3. The van der Waals surface area contributed by atoms with Gasteiger partial charge in [-0.3, -0.25) is 14.4 Å². The molecule has 2 saturated heterocycles. The zero-order valence-electron chi connectivity index (χ0n) is 39.9. The number of rotatable bonds is 20. The average Bonchev–Trinajstić information content (AvgIpc) is 3.99. The van der Waals surface area contributed by atoms with E-state index in [2.05, 4.69) is 20.6 Å². The highest BCUT2D eigenvalue weighted by atomic mass is 32.1. The topological polar surface area (TPSA) is 182 Å². The number of thiocarbonyl (C=S) groups is 1. The molecular weight excluding hydrogens is 953 g/mol. The highest BCUT2D eigenvalue weighted by Crippen LogP contribution is 2.41. The lowest BCUT2D eigenvalue weighted by atomic mass is 9.85. The average molecular weight is 1010 g/mol. The number of aromatic nitrogens is 2. The lowest BCUT2D eigenvalue weighted by molar-refractivity contribution is -0.144. The summed E-state index contributed by atoms with van der Waals surface area (Å²) in [5.74, 6) is -2.57. The minimum absolute atomic E-state index is 0.0369. The standard InChI is InChI=1S/C49H58F4N8O7S2/c1-30-42(70-29-57-30)32-12-10-31(11-13-32)24-56-44(64)37-22-35(62)26-59(37)45(65)43(47(2,3)4)58-38(63)27-67-20-9-19-66-18-7-8-21-68-39-17-15-34(25-55-39)61-46(69)60(28-48(61,5)6)36-16-14-33(23-54)40(41(36)50)49(51,52)53/h10-17,25,29,35,37,43,62H,7-9,18-22,24,26-28H2,1-6H3,(H,56,64)(H,58,63)/t35-,37+,43-/m1/s1. The largest absolute Gasteiger partial charge is 0.478 e. The Balaban J connectivity index is 0.864. The van der Waals surface area contributed by atoms with Crippen LogP contribution in [0.1, 0.15) is 82.7 Å². The minimum atomic E-state index is -5.08. The van der Waals surface area contributed by atoms with Crippen molar-refractivity contribution in [2.45, 2.75) is 104 Å². The highest BCUT2D eigenvalue weighted by Gasteiger charge is 2.46. The molecule has 2 aliphatic rings. The van der Waals surface area contributed by atoms with Crippen molar-refractivity contribution in [2.24, 2.45) is 5.41 Å². The minimum Gasteiger partial charge on any atom is -0.478 e. The fraction of sp³-hybridized carbons (Fsp3) is 0.490. The summed E-state index contributed by atoms with van der Waals surface area (Å²) in [6, 6.07) is 12.7. The number of halogens is 4. The Hall–Kier alpha value is -5.79. The Morgan fingerprint density at radius 2 is 1.70 bits per heavy atom. The van der Waals surface area contributed by atoms with Crippen LogP contribution in [0.4, 0.5) is 28.9 Å². The number of ether oxygens (including phenoxy) is 3. The molecule has 2 aromatic heterocycles. The predicted octanol–water partition coefficient (Wildman–Crippen LogP) is 7.32. The molecular formula is C49H58F4N8O7S2. The van der Waals surface area contributed by atoms with Gasteiger partial charge in [0.2, 0.25) is 23.6 Å². The second kappa shape index (κ2) is 23.0. The summed E-state index contributed by atoms with van der Waals surface area (Å²) >= 11 is 7.19. The fourth-order valence-electron chi connectivity index (χ4n) is 8.28. The first kappa shape index (κ1) is 53.6. The first-order valence-corrected chi connectivity index (χ1v) is 24.1. The molecule has 6 rings (SSSR count). The Labute approximate surface area is 414 Å².